The Hall–Kier alpha value is -1.55. The predicted molar refractivity (Wildman–Crippen MR) is 75.8 cm³/mol. The summed E-state index contributed by atoms with van der Waals surface area (Å²) in [6, 6.07) is 6.31. The first-order chi connectivity index (χ1) is 9.74. The second-order valence-corrected chi connectivity index (χ2v) is 5.81. The first kappa shape index (κ1) is 13.4. The number of ether oxygens (including phenoxy) is 1. The molecule has 1 fully saturated rings. The van der Waals surface area contributed by atoms with Gasteiger partial charge in [0.1, 0.15) is 5.75 Å². The first-order valence-corrected chi connectivity index (χ1v) is 7.42. The normalized spacial score (nSPS) is 24.4. The van der Waals surface area contributed by atoms with Gasteiger partial charge in [0, 0.05) is 13.0 Å². The molecule has 4 heteroatoms. The summed E-state index contributed by atoms with van der Waals surface area (Å²) in [7, 11) is 0. The van der Waals surface area contributed by atoms with Crippen LogP contribution in [0.5, 0.6) is 5.75 Å². The van der Waals surface area contributed by atoms with Crippen LogP contribution in [0.2, 0.25) is 0 Å². The SMILES string of the molecule is O=C(O)C1CCCC1CNCc1ccc2c(c1)CCO2. The Morgan fingerprint density at radius 3 is 3.15 bits per heavy atom. The van der Waals surface area contributed by atoms with Gasteiger partial charge in [-0.3, -0.25) is 4.79 Å². The van der Waals surface area contributed by atoms with Gasteiger partial charge in [0.05, 0.1) is 12.5 Å². The predicted octanol–water partition coefficient (Wildman–Crippen LogP) is 2.21. The molecule has 2 unspecified atom stereocenters. The van der Waals surface area contributed by atoms with E-state index in [-0.39, 0.29) is 11.8 Å². The number of hydrogen-bond donors (Lipinski definition) is 2. The van der Waals surface area contributed by atoms with Gasteiger partial charge in [0.2, 0.25) is 0 Å². The maximum absolute atomic E-state index is 11.1. The van der Waals surface area contributed by atoms with E-state index >= 15 is 0 Å². The van der Waals surface area contributed by atoms with Crippen LogP contribution in [0.25, 0.3) is 0 Å². The molecule has 3 rings (SSSR count). The van der Waals surface area contributed by atoms with E-state index in [0.717, 1.165) is 51.1 Å². The van der Waals surface area contributed by atoms with Crippen LogP contribution >= 0.6 is 0 Å². The van der Waals surface area contributed by atoms with Gasteiger partial charge in [-0.05, 0) is 42.5 Å². The monoisotopic (exact) mass is 275 g/mol. The number of nitrogens with one attached hydrogen (secondary N) is 1. The zero-order chi connectivity index (χ0) is 13.9. The molecular weight excluding hydrogens is 254 g/mol. The number of fused-ring (bicyclic) bond motifs is 1. The number of carboxylic acids is 1. The molecule has 1 aliphatic heterocycles. The third-order valence-electron chi connectivity index (χ3n) is 4.47. The molecule has 1 aromatic carbocycles. The van der Waals surface area contributed by atoms with Gasteiger partial charge in [0.15, 0.2) is 0 Å². The molecule has 2 N–H and O–H groups in total. The average Bonchev–Trinajstić information content (AvgIpc) is 3.06. The van der Waals surface area contributed by atoms with Crippen molar-refractivity contribution in [3.63, 3.8) is 0 Å². The van der Waals surface area contributed by atoms with Crippen molar-refractivity contribution in [2.75, 3.05) is 13.2 Å². The van der Waals surface area contributed by atoms with Crippen LogP contribution in [0.15, 0.2) is 18.2 Å². The summed E-state index contributed by atoms with van der Waals surface area (Å²) in [5, 5.41) is 12.6. The first-order valence-electron chi connectivity index (χ1n) is 7.42. The van der Waals surface area contributed by atoms with E-state index < -0.39 is 5.97 Å². The lowest BCUT2D eigenvalue weighted by molar-refractivity contribution is -0.142. The Bertz CT molecular complexity index is 500. The zero-order valence-electron chi connectivity index (χ0n) is 11.6. The van der Waals surface area contributed by atoms with Crippen molar-refractivity contribution in [3.8, 4) is 5.75 Å². The summed E-state index contributed by atoms with van der Waals surface area (Å²) in [5.41, 5.74) is 2.53. The Morgan fingerprint density at radius 2 is 2.30 bits per heavy atom. The highest BCUT2D eigenvalue weighted by Gasteiger charge is 2.32. The minimum Gasteiger partial charge on any atom is -0.493 e. The molecule has 2 aliphatic rings. The minimum absolute atomic E-state index is 0.157. The Labute approximate surface area is 119 Å². The van der Waals surface area contributed by atoms with Crippen molar-refractivity contribution in [3.05, 3.63) is 29.3 Å². The van der Waals surface area contributed by atoms with Crippen LogP contribution in [-0.4, -0.2) is 24.2 Å². The summed E-state index contributed by atoms with van der Waals surface area (Å²) in [6.45, 7) is 2.38. The number of carbonyl (C=O) groups is 1. The van der Waals surface area contributed by atoms with E-state index in [4.69, 9.17) is 9.84 Å². The van der Waals surface area contributed by atoms with Gasteiger partial charge >= 0.3 is 5.97 Å². The molecule has 0 amide bonds. The van der Waals surface area contributed by atoms with Crippen LogP contribution in [0.1, 0.15) is 30.4 Å². The van der Waals surface area contributed by atoms with Crippen LogP contribution in [0, 0.1) is 11.8 Å². The quantitative estimate of drug-likeness (QED) is 0.865. The summed E-state index contributed by atoms with van der Waals surface area (Å²) in [5.74, 6) is 0.501. The van der Waals surface area contributed by atoms with E-state index in [1.165, 1.54) is 11.1 Å². The number of hydrogen-bond acceptors (Lipinski definition) is 3. The molecule has 0 radical (unpaired) electrons. The molecule has 1 saturated carbocycles. The third-order valence-corrected chi connectivity index (χ3v) is 4.47. The molecule has 4 nitrogen and oxygen atoms in total. The van der Waals surface area contributed by atoms with Gasteiger partial charge < -0.3 is 15.2 Å². The summed E-state index contributed by atoms with van der Waals surface area (Å²) in [4.78, 5) is 11.1. The van der Waals surface area contributed by atoms with Gasteiger partial charge in [-0.1, -0.05) is 18.6 Å². The third kappa shape index (κ3) is 2.80. The largest absolute Gasteiger partial charge is 0.493 e. The molecule has 1 aliphatic carbocycles. The van der Waals surface area contributed by atoms with Crippen LogP contribution < -0.4 is 10.1 Å². The Kier molecular flexibility index (Phi) is 3.92. The lowest BCUT2D eigenvalue weighted by atomic mass is 9.96. The molecular formula is C16H21NO3. The van der Waals surface area contributed by atoms with E-state index in [0.29, 0.717) is 0 Å². The summed E-state index contributed by atoms with van der Waals surface area (Å²) in [6.07, 6.45) is 3.90. The van der Waals surface area contributed by atoms with Crippen molar-refractivity contribution < 1.29 is 14.6 Å². The van der Waals surface area contributed by atoms with E-state index in [2.05, 4.69) is 17.4 Å². The molecule has 108 valence electrons. The molecule has 1 heterocycles. The highest BCUT2D eigenvalue weighted by molar-refractivity contribution is 5.70. The number of benzene rings is 1. The van der Waals surface area contributed by atoms with E-state index in [1.807, 2.05) is 6.07 Å². The van der Waals surface area contributed by atoms with Gasteiger partial charge in [0.25, 0.3) is 0 Å². The molecule has 20 heavy (non-hydrogen) atoms. The van der Waals surface area contributed by atoms with Crippen LogP contribution in [-0.2, 0) is 17.8 Å². The zero-order valence-corrected chi connectivity index (χ0v) is 11.6. The van der Waals surface area contributed by atoms with Crippen molar-refractivity contribution in [1.29, 1.82) is 0 Å². The Morgan fingerprint density at radius 1 is 1.40 bits per heavy atom. The molecule has 0 saturated heterocycles. The highest BCUT2D eigenvalue weighted by atomic mass is 16.5. The average molecular weight is 275 g/mol. The van der Waals surface area contributed by atoms with Gasteiger partial charge in [-0.25, -0.2) is 0 Å². The molecule has 1 aromatic rings. The maximum Gasteiger partial charge on any atom is 0.306 e. The minimum atomic E-state index is -0.635. The van der Waals surface area contributed by atoms with Crippen molar-refractivity contribution in [1.82, 2.24) is 5.32 Å². The smallest absolute Gasteiger partial charge is 0.306 e. The van der Waals surface area contributed by atoms with Gasteiger partial charge in [-0.2, -0.15) is 0 Å². The second-order valence-electron chi connectivity index (χ2n) is 5.81. The number of carboxylic acid groups (broad SMARTS) is 1. The fourth-order valence-corrected chi connectivity index (χ4v) is 3.36. The van der Waals surface area contributed by atoms with Crippen molar-refractivity contribution in [2.24, 2.45) is 11.8 Å². The van der Waals surface area contributed by atoms with Crippen molar-refractivity contribution >= 4 is 5.97 Å². The van der Waals surface area contributed by atoms with Crippen LogP contribution in [0.3, 0.4) is 0 Å². The fraction of sp³-hybridized carbons (Fsp3) is 0.562. The fourth-order valence-electron chi connectivity index (χ4n) is 3.36. The Balaban J connectivity index is 1.51. The topological polar surface area (TPSA) is 58.6 Å². The standard InChI is InChI=1S/C16H21NO3/c18-16(19)14-3-1-2-13(14)10-17-9-11-4-5-15-12(8-11)6-7-20-15/h4-5,8,13-14,17H,1-3,6-7,9-10H2,(H,18,19). The van der Waals surface area contributed by atoms with Gasteiger partial charge in [-0.15, -0.1) is 0 Å². The van der Waals surface area contributed by atoms with E-state index in [9.17, 15) is 4.79 Å². The second kappa shape index (κ2) is 5.83. The van der Waals surface area contributed by atoms with Crippen molar-refractivity contribution in [2.45, 2.75) is 32.2 Å². The number of rotatable bonds is 5. The summed E-state index contributed by atoms with van der Waals surface area (Å²) >= 11 is 0. The molecule has 0 aromatic heterocycles. The number of aliphatic carboxylic acids is 1. The van der Waals surface area contributed by atoms with E-state index in [1.54, 1.807) is 0 Å². The molecule has 2 atom stereocenters. The highest BCUT2D eigenvalue weighted by Crippen LogP contribution is 2.31. The van der Waals surface area contributed by atoms with Crippen LogP contribution in [0.4, 0.5) is 0 Å². The lowest BCUT2D eigenvalue weighted by Crippen LogP contribution is -2.28. The summed E-state index contributed by atoms with van der Waals surface area (Å²) < 4.78 is 5.49. The molecule has 0 spiro atoms. The maximum atomic E-state index is 11.1. The lowest BCUT2D eigenvalue weighted by Gasteiger charge is -2.16. The molecule has 0 bridgehead atoms.